The summed E-state index contributed by atoms with van der Waals surface area (Å²) in [5.41, 5.74) is 2.97. The maximum absolute atomic E-state index is 11.2. The molecule has 0 heterocycles. The molecule has 0 aromatic heterocycles. The minimum absolute atomic E-state index is 0.00254. The van der Waals surface area contributed by atoms with Crippen LogP contribution in [0.5, 0.6) is 5.75 Å². The average molecular weight is 496 g/mol. The van der Waals surface area contributed by atoms with Gasteiger partial charge >= 0.3 is 5.69 Å². The number of halogens is 3. The first kappa shape index (κ1) is 23.3. The standard InChI is InChI=1S/C20H13Cl3N4O5/c21-14-3-2-13(16(22)8-14)11-32-20-6-1-12(7-17(20)23)10-24-25-18-5-4-15(26(28)29)9-19(18)27(30)31/h1-10,25H,11H2/b24-10+. The monoisotopic (exact) mass is 494 g/mol. The Balaban J connectivity index is 1.68. The van der Waals surface area contributed by atoms with Crippen molar-refractivity contribution in [3.8, 4) is 5.75 Å². The van der Waals surface area contributed by atoms with E-state index in [-0.39, 0.29) is 12.3 Å². The molecule has 0 saturated carbocycles. The zero-order valence-corrected chi connectivity index (χ0v) is 18.3. The fraction of sp³-hybridized carbons (Fsp3) is 0.0500. The van der Waals surface area contributed by atoms with Gasteiger partial charge in [0.05, 0.1) is 27.2 Å². The van der Waals surface area contributed by atoms with E-state index in [0.29, 0.717) is 26.4 Å². The van der Waals surface area contributed by atoms with Gasteiger partial charge in [-0.1, -0.05) is 40.9 Å². The summed E-state index contributed by atoms with van der Waals surface area (Å²) in [5.74, 6) is 0.425. The Hall–Kier alpha value is -3.40. The van der Waals surface area contributed by atoms with Crippen LogP contribution in [0.25, 0.3) is 0 Å². The van der Waals surface area contributed by atoms with Crippen LogP contribution in [0, 0.1) is 20.2 Å². The van der Waals surface area contributed by atoms with E-state index in [4.69, 9.17) is 39.5 Å². The van der Waals surface area contributed by atoms with Gasteiger partial charge in [-0.05, 0) is 42.0 Å². The van der Waals surface area contributed by atoms with Crippen molar-refractivity contribution in [2.75, 3.05) is 5.43 Å². The van der Waals surface area contributed by atoms with Crippen LogP contribution in [0.4, 0.5) is 17.1 Å². The van der Waals surface area contributed by atoms with Crippen molar-refractivity contribution in [3.63, 3.8) is 0 Å². The third-order valence-corrected chi connectivity index (χ3v) is 5.02. The molecule has 164 valence electrons. The van der Waals surface area contributed by atoms with Crippen molar-refractivity contribution in [1.29, 1.82) is 0 Å². The van der Waals surface area contributed by atoms with E-state index < -0.39 is 21.2 Å². The van der Waals surface area contributed by atoms with Crippen LogP contribution in [0.3, 0.4) is 0 Å². The molecule has 9 nitrogen and oxygen atoms in total. The normalized spacial score (nSPS) is 10.8. The SMILES string of the molecule is O=[N+]([O-])c1ccc(N/N=C/c2ccc(OCc3ccc(Cl)cc3Cl)c(Cl)c2)c([N+](=O)[O-])c1. The maximum atomic E-state index is 11.2. The van der Waals surface area contributed by atoms with Crippen LogP contribution in [0.15, 0.2) is 59.7 Å². The Labute approximate surface area is 196 Å². The highest BCUT2D eigenvalue weighted by atomic mass is 35.5. The maximum Gasteiger partial charge on any atom is 0.301 e. The molecule has 0 bridgehead atoms. The second-order valence-electron chi connectivity index (χ2n) is 6.30. The Morgan fingerprint density at radius 1 is 0.938 bits per heavy atom. The molecule has 1 N–H and O–H groups in total. The van der Waals surface area contributed by atoms with E-state index in [1.807, 2.05) is 0 Å². The van der Waals surface area contributed by atoms with Crippen LogP contribution in [0.2, 0.25) is 15.1 Å². The van der Waals surface area contributed by atoms with E-state index >= 15 is 0 Å². The van der Waals surface area contributed by atoms with Crippen LogP contribution in [-0.4, -0.2) is 16.1 Å². The predicted octanol–water partition coefficient (Wildman–Crippen LogP) is 6.49. The number of ether oxygens (including phenoxy) is 1. The number of benzene rings is 3. The van der Waals surface area contributed by atoms with E-state index in [1.165, 1.54) is 12.3 Å². The number of nitro benzene ring substituents is 2. The lowest BCUT2D eigenvalue weighted by Gasteiger charge is -2.10. The zero-order valence-electron chi connectivity index (χ0n) is 16.0. The smallest absolute Gasteiger partial charge is 0.301 e. The highest BCUT2D eigenvalue weighted by Gasteiger charge is 2.19. The molecule has 0 spiro atoms. The predicted molar refractivity (Wildman–Crippen MR) is 123 cm³/mol. The molecular formula is C20H13Cl3N4O5. The summed E-state index contributed by atoms with van der Waals surface area (Å²) >= 11 is 18.3. The molecule has 3 rings (SSSR count). The number of hydrogen-bond acceptors (Lipinski definition) is 7. The van der Waals surface area contributed by atoms with Gasteiger partial charge in [0.1, 0.15) is 18.0 Å². The van der Waals surface area contributed by atoms with Crippen molar-refractivity contribution >= 4 is 58.1 Å². The van der Waals surface area contributed by atoms with Crippen LogP contribution in [0.1, 0.15) is 11.1 Å². The summed E-state index contributed by atoms with van der Waals surface area (Å²) in [5, 5.41) is 27.2. The number of hydrazone groups is 1. The summed E-state index contributed by atoms with van der Waals surface area (Å²) in [4.78, 5) is 20.5. The number of anilines is 1. The lowest BCUT2D eigenvalue weighted by Crippen LogP contribution is -1.99. The zero-order chi connectivity index (χ0) is 23.3. The van der Waals surface area contributed by atoms with Gasteiger partial charge in [0.25, 0.3) is 5.69 Å². The van der Waals surface area contributed by atoms with Gasteiger partial charge in [-0.25, -0.2) is 0 Å². The molecule has 0 radical (unpaired) electrons. The molecule has 0 unspecified atom stereocenters. The van der Waals surface area contributed by atoms with Crippen molar-refractivity contribution in [2.24, 2.45) is 5.10 Å². The fourth-order valence-corrected chi connectivity index (χ4v) is 3.27. The highest BCUT2D eigenvalue weighted by Crippen LogP contribution is 2.30. The summed E-state index contributed by atoms with van der Waals surface area (Å²) in [7, 11) is 0. The van der Waals surface area contributed by atoms with Gasteiger partial charge in [0.2, 0.25) is 0 Å². The van der Waals surface area contributed by atoms with E-state index in [9.17, 15) is 20.2 Å². The number of nitrogens with one attached hydrogen (secondary N) is 1. The molecule has 0 atom stereocenters. The number of non-ortho nitro benzene ring substituents is 1. The van der Waals surface area contributed by atoms with Gasteiger partial charge < -0.3 is 4.74 Å². The highest BCUT2D eigenvalue weighted by molar-refractivity contribution is 6.35. The summed E-state index contributed by atoms with van der Waals surface area (Å²) < 4.78 is 5.70. The first-order valence-corrected chi connectivity index (χ1v) is 9.96. The quantitative estimate of drug-likeness (QED) is 0.217. The molecule has 0 amide bonds. The van der Waals surface area contributed by atoms with Crippen LogP contribution >= 0.6 is 34.8 Å². The van der Waals surface area contributed by atoms with Gasteiger partial charge in [-0.15, -0.1) is 0 Å². The molecule has 0 saturated heterocycles. The van der Waals surface area contributed by atoms with Crippen molar-refractivity contribution in [1.82, 2.24) is 0 Å². The lowest BCUT2D eigenvalue weighted by molar-refractivity contribution is -0.393. The van der Waals surface area contributed by atoms with Crippen molar-refractivity contribution in [2.45, 2.75) is 6.61 Å². The topological polar surface area (TPSA) is 120 Å². The summed E-state index contributed by atoms with van der Waals surface area (Å²) in [6.07, 6.45) is 1.39. The van der Waals surface area contributed by atoms with E-state index in [2.05, 4.69) is 10.5 Å². The van der Waals surface area contributed by atoms with E-state index in [0.717, 1.165) is 17.7 Å². The molecule has 0 aliphatic rings. The van der Waals surface area contributed by atoms with Gasteiger partial charge in [0.15, 0.2) is 0 Å². The molecule has 0 fully saturated rings. The second-order valence-corrected chi connectivity index (χ2v) is 7.55. The second kappa shape index (κ2) is 10.3. The number of rotatable bonds is 8. The fourth-order valence-electron chi connectivity index (χ4n) is 2.56. The minimum Gasteiger partial charge on any atom is -0.487 e. The van der Waals surface area contributed by atoms with Crippen LogP contribution in [-0.2, 0) is 6.61 Å². The molecule has 32 heavy (non-hydrogen) atoms. The molecule has 3 aromatic rings. The van der Waals surface area contributed by atoms with Crippen LogP contribution < -0.4 is 10.2 Å². The van der Waals surface area contributed by atoms with Gasteiger partial charge in [0, 0.05) is 21.7 Å². The third kappa shape index (κ3) is 5.85. The third-order valence-electron chi connectivity index (χ3n) is 4.14. The Bertz CT molecular complexity index is 1220. The summed E-state index contributed by atoms with van der Waals surface area (Å²) in [6.45, 7) is 0.189. The first-order chi connectivity index (χ1) is 15.2. The lowest BCUT2D eigenvalue weighted by atomic mass is 10.2. The molecule has 3 aromatic carbocycles. The number of nitro groups is 2. The Kier molecular flexibility index (Phi) is 7.47. The molecular weight excluding hydrogens is 483 g/mol. The van der Waals surface area contributed by atoms with E-state index in [1.54, 1.807) is 36.4 Å². The number of nitrogens with zero attached hydrogens (tertiary/aromatic N) is 3. The van der Waals surface area contributed by atoms with Crippen molar-refractivity contribution in [3.05, 3.63) is 101 Å². The molecule has 0 aliphatic carbocycles. The molecule has 12 heteroatoms. The van der Waals surface area contributed by atoms with Gasteiger partial charge in [-0.2, -0.15) is 5.10 Å². The minimum atomic E-state index is -0.735. The van der Waals surface area contributed by atoms with Crippen molar-refractivity contribution < 1.29 is 14.6 Å². The first-order valence-electron chi connectivity index (χ1n) is 8.83. The number of hydrogen-bond donors (Lipinski definition) is 1. The Morgan fingerprint density at radius 2 is 1.72 bits per heavy atom. The average Bonchev–Trinajstić information content (AvgIpc) is 2.74. The Morgan fingerprint density at radius 3 is 2.38 bits per heavy atom. The summed E-state index contributed by atoms with van der Waals surface area (Å²) in [6, 6.07) is 13.2. The van der Waals surface area contributed by atoms with Gasteiger partial charge in [-0.3, -0.25) is 25.7 Å². The molecule has 0 aliphatic heterocycles. The largest absolute Gasteiger partial charge is 0.487 e.